The van der Waals surface area contributed by atoms with Gasteiger partial charge in [-0.1, -0.05) is 36.4 Å². The number of ether oxygens (including phenoxy) is 3. The average molecular weight is 471 g/mol. The van der Waals surface area contributed by atoms with Crippen LogP contribution in [-0.2, 0) is 13.1 Å². The summed E-state index contributed by atoms with van der Waals surface area (Å²) in [4.78, 5) is 17.6. The Balaban J connectivity index is 1.12. The smallest absolute Gasteiger partial charge is 0.231 e. The molecule has 0 bridgehead atoms. The number of rotatable bonds is 5. The lowest BCUT2D eigenvalue weighted by molar-refractivity contribution is 0.101. The molecule has 3 aromatic rings. The SMILES string of the molecule is O=C1/C(=C/c2ccccc2)Oc2c1ccc(O)c2CN1CCN(Cc2ccc3c(c2)OCO3)CC1. The van der Waals surface area contributed by atoms with Crippen molar-refractivity contribution in [2.75, 3.05) is 33.0 Å². The van der Waals surface area contributed by atoms with E-state index in [1.165, 1.54) is 5.56 Å². The lowest BCUT2D eigenvalue weighted by Crippen LogP contribution is -2.45. The van der Waals surface area contributed by atoms with E-state index in [2.05, 4.69) is 21.9 Å². The van der Waals surface area contributed by atoms with E-state index in [0.29, 0.717) is 23.4 Å². The van der Waals surface area contributed by atoms with Crippen molar-refractivity contribution in [2.45, 2.75) is 13.1 Å². The molecule has 0 saturated carbocycles. The predicted octanol–water partition coefficient (Wildman–Crippen LogP) is 4.05. The molecule has 7 heteroatoms. The van der Waals surface area contributed by atoms with Gasteiger partial charge in [-0.25, -0.2) is 0 Å². The molecule has 178 valence electrons. The number of nitrogens with zero attached hydrogens (tertiary/aromatic N) is 2. The molecule has 3 aliphatic heterocycles. The number of piperazine rings is 1. The van der Waals surface area contributed by atoms with E-state index in [0.717, 1.165) is 49.8 Å². The molecule has 0 atom stereocenters. The zero-order valence-corrected chi connectivity index (χ0v) is 19.3. The van der Waals surface area contributed by atoms with Gasteiger partial charge in [0.2, 0.25) is 12.6 Å². The Kier molecular flexibility index (Phi) is 5.64. The van der Waals surface area contributed by atoms with Crippen LogP contribution in [0.25, 0.3) is 6.08 Å². The second-order valence-electron chi connectivity index (χ2n) is 9.03. The fraction of sp³-hybridized carbons (Fsp3) is 0.250. The highest BCUT2D eigenvalue weighted by Gasteiger charge is 2.32. The van der Waals surface area contributed by atoms with E-state index in [-0.39, 0.29) is 24.1 Å². The number of benzene rings is 3. The summed E-state index contributed by atoms with van der Waals surface area (Å²) in [6.07, 6.45) is 1.75. The van der Waals surface area contributed by atoms with E-state index in [1.807, 2.05) is 36.4 Å². The van der Waals surface area contributed by atoms with Crippen molar-refractivity contribution in [3.63, 3.8) is 0 Å². The van der Waals surface area contributed by atoms with Gasteiger partial charge >= 0.3 is 0 Å². The lowest BCUT2D eigenvalue weighted by atomic mass is 10.0. The number of carbonyl (C=O) groups is 1. The summed E-state index contributed by atoms with van der Waals surface area (Å²) >= 11 is 0. The Morgan fingerprint density at radius 2 is 1.60 bits per heavy atom. The van der Waals surface area contributed by atoms with Crippen LogP contribution in [-0.4, -0.2) is 53.7 Å². The summed E-state index contributed by atoms with van der Waals surface area (Å²) in [5, 5.41) is 10.6. The standard InChI is InChI=1S/C28H26N2O5/c31-23-8-7-21-27(32)26(14-19-4-2-1-3-5-19)35-28(21)22(23)17-30-12-10-29(11-13-30)16-20-6-9-24-25(15-20)34-18-33-24/h1-9,14-15,31H,10-13,16-18H2/b26-14-. The first-order chi connectivity index (χ1) is 17.1. The minimum atomic E-state index is -0.154. The summed E-state index contributed by atoms with van der Waals surface area (Å²) in [6.45, 7) is 5.18. The number of allylic oxidation sites excluding steroid dienone is 1. The molecule has 3 aromatic carbocycles. The van der Waals surface area contributed by atoms with Gasteiger partial charge in [-0.2, -0.15) is 0 Å². The maximum atomic E-state index is 12.9. The molecule has 3 heterocycles. The summed E-state index contributed by atoms with van der Waals surface area (Å²) in [6, 6.07) is 19.0. The quantitative estimate of drug-likeness (QED) is 0.564. The van der Waals surface area contributed by atoms with Gasteiger partial charge in [-0.3, -0.25) is 14.6 Å². The maximum absolute atomic E-state index is 12.9. The van der Waals surface area contributed by atoms with Crippen LogP contribution in [0.5, 0.6) is 23.0 Å². The Labute approximate surface area is 203 Å². The van der Waals surface area contributed by atoms with Crippen molar-refractivity contribution >= 4 is 11.9 Å². The molecule has 0 aliphatic carbocycles. The van der Waals surface area contributed by atoms with E-state index in [9.17, 15) is 9.90 Å². The van der Waals surface area contributed by atoms with Crippen LogP contribution in [0.3, 0.4) is 0 Å². The number of fused-ring (bicyclic) bond motifs is 2. The molecule has 7 nitrogen and oxygen atoms in total. The molecule has 35 heavy (non-hydrogen) atoms. The molecule has 0 aromatic heterocycles. The number of hydrogen-bond donors (Lipinski definition) is 1. The second kappa shape index (κ2) is 9.09. The van der Waals surface area contributed by atoms with Crippen molar-refractivity contribution in [1.29, 1.82) is 0 Å². The Morgan fingerprint density at radius 1 is 0.857 bits per heavy atom. The largest absolute Gasteiger partial charge is 0.507 e. The average Bonchev–Trinajstić information content (AvgIpc) is 3.47. The third-order valence-corrected chi connectivity index (χ3v) is 6.70. The first-order valence-electron chi connectivity index (χ1n) is 11.8. The summed E-state index contributed by atoms with van der Waals surface area (Å²) in [5.41, 5.74) is 3.26. The maximum Gasteiger partial charge on any atom is 0.231 e. The Morgan fingerprint density at radius 3 is 2.40 bits per heavy atom. The third-order valence-electron chi connectivity index (χ3n) is 6.70. The van der Waals surface area contributed by atoms with Gasteiger partial charge in [0.25, 0.3) is 0 Å². The first-order valence-corrected chi connectivity index (χ1v) is 11.8. The number of aromatic hydroxyl groups is 1. The van der Waals surface area contributed by atoms with E-state index >= 15 is 0 Å². The molecular formula is C28H26N2O5. The Hall–Kier alpha value is -3.81. The topological polar surface area (TPSA) is 71.5 Å². The van der Waals surface area contributed by atoms with Gasteiger partial charge in [-0.05, 0) is 41.5 Å². The zero-order chi connectivity index (χ0) is 23.8. The van der Waals surface area contributed by atoms with Crippen LogP contribution in [0.15, 0.2) is 66.4 Å². The monoisotopic (exact) mass is 470 g/mol. The van der Waals surface area contributed by atoms with E-state index < -0.39 is 0 Å². The van der Waals surface area contributed by atoms with Crippen LogP contribution in [0.4, 0.5) is 0 Å². The van der Waals surface area contributed by atoms with Crippen LogP contribution < -0.4 is 14.2 Å². The fourth-order valence-electron chi connectivity index (χ4n) is 4.78. The fourth-order valence-corrected chi connectivity index (χ4v) is 4.78. The molecule has 1 saturated heterocycles. The molecule has 1 fully saturated rings. The number of carbonyl (C=O) groups excluding carboxylic acids is 1. The lowest BCUT2D eigenvalue weighted by Gasteiger charge is -2.35. The number of hydrogen-bond acceptors (Lipinski definition) is 7. The zero-order valence-electron chi connectivity index (χ0n) is 19.3. The summed E-state index contributed by atoms with van der Waals surface area (Å²) in [7, 11) is 0. The van der Waals surface area contributed by atoms with Crippen molar-refractivity contribution in [2.24, 2.45) is 0 Å². The third kappa shape index (κ3) is 4.36. The molecule has 1 N–H and O–H groups in total. The molecule has 3 aliphatic rings. The molecule has 0 amide bonds. The van der Waals surface area contributed by atoms with Crippen LogP contribution in [0.1, 0.15) is 27.0 Å². The number of ketones is 1. The van der Waals surface area contributed by atoms with Crippen molar-refractivity contribution < 1.29 is 24.1 Å². The Bertz CT molecular complexity index is 1300. The number of Topliss-reactive ketones (excluding diaryl/α,β-unsaturated/α-hetero) is 1. The second-order valence-corrected chi connectivity index (χ2v) is 9.03. The van der Waals surface area contributed by atoms with Gasteiger partial charge in [0.1, 0.15) is 11.5 Å². The van der Waals surface area contributed by atoms with Crippen LogP contribution in [0, 0.1) is 0 Å². The molecular weight excluding hydrogens is 444 g/mol. The summed E-state index contributed by atoms with van der Waals surface area (Å²) < 4.78 is 16.9. The van der Waals surface area contributed by atoms with E-state index in [1.54, 1.807) is 18.2 Å². The van der Waals surface area contributed by atoms with Crippen molar-refractivity contribution in [3.05, 3.63) is 88.7 Å². The molecule has 0 unspecified atom stereocenters. The minimum Gasteiger partial charge on any atom is -0.507 e. The molecule has 0 spiro atoms. The molecule has 6 rings (SSSR count). The minimum absolute atomic E-state index is 0.153. The number of phenolic OH excluding ortho intramolecular Hbond substituents is 1. The van der Waals surface area contributed by atoms with Crippen LogP contribution >= 0.6 is 0 Å². The van der Waals surface area contributed by atoms with Crippen molar-refractivity contribution in [3.8, 4) is 23.0 Å². The predicted molar refractivity (Wildman–Crippen MR) is 131 cm³/mol. The van der Waals surface area contributed by atoms with E-state index in [4.69, 9.17) is 14.2 Å². The first kappa shape index (κ1) is 21.7. The highest BCUT2D eigenvalue weighted by Crippen LogP contribution is 2.40. The molecule has 0 radical (unpaired) electrons. The van der Waals surface area contributed by atoms with Crippen LogP contribution in [0.2, 0.25) is 0 Å². The van der Waals surface area contributed by atoms with Gasteiger partial charge in [0.15, 0.2) is 17.3 Å². The van der Waals surface area contributed by atoms with Crippen molar-refractivity contribution in [1.82, 2.24) is 9.80 Å². The normalized spacial score (nSPS) is 18.6. The van der Waals surface area contributed by atoms with Gasteiger partial charge < -0.3 is 19.3 Å². The highest BCUT2D eigenvalue weighted by molar-refractivity contribution is 6.15. The van der Waals surface area contributed by atoms with Gasteiger partial charge in [-0.15, -0.1) is 0 Å². The summed E-state index contributed by atoms with van der Waals surface area (Å²) in [5.74, 6) is 2.37. The highest BCUT2D eigenvalue weighted by atomic mass is 16.7. The van der Waals surface area contributed by atoms with Gasteiger partial charge in [0.05, 0.1) is 11.1 Å². The number of phenols is 1. The van der Waals surface area contributed by atoms with Gasteiger partial charge in [0, 0.05) is 39.3 Å².